The third-order valence-electron chi connectivity index (χ3n) is 5.01. The summed E-state index contributed by atoms with van der Waals surface area (Å²) in [6.45, 7) is 4.13. The van der Waals surface area contributed by atoms with Crippen molar-refractivity contribution in [3.63, 3.8) is 0 Å². The number of nitro groups is 1. The molecule has 0 saturated carbocycles. The molecule has 0 N–H and O–H groups in total. The number of rotatable bonds is 4. The highest BCUT2D eigenvalue weighted by Gasteiger charge is 2.27. The first-order valence-electron chi connectivity index (χ1n) is 9.34. The third kappa shape index (κ3) is 3.82. The second-order valence-electron chi connectivity index (χ2n) is 6.84. The maximum atomic E-state index is 12.9. The zero-order valence-corrected chi connectivity index (χ0v) is 15.9. The molecule has 2 aromatic carbocycles. The summed E-state index contributed by atoms with van der Waals surface area (Å²) in [5.41, 5.74) is 2.15. The van der Waals surface area contributed by atoms with Gasteiger partial charge in [-0.15, -0.1) is 0 Å². The van der Waals surface area contributed by atoms with Crippen LogP contribution in [0.25, 0.3) is 11.5 Å². The van der Waals surface area contributed by atoms with Crippen LogP contribution in [0.2, 0.25) is 0 Å². The molecule has 0 spiro atoms. The quantitative estimate of drug-likeness (QED) is 0.498. The molecular weight excluding hydrogens is 372 g/mol. The van der Waals surface area contributed by atoms with Crippen LogP contribution in [-0.2, 0) is 0 Å². The number of carbonyl (C=O) groups excluding carboxylic acids is 1. The molecule has 148 valence electrons. The van der Waals surface area contributed by atoms with Crippen LogP contribution in [0.5, 0.6) is 0 Å². The number of non-ortho nitro benzene ring substituents is 1. The summed E-state index contributed by atoms with van der Waals surface area (Å²) < 4.78 is 5.71. The van der Waals surface area contributed by atoms with Gasteiger partial charge in [0.05, 0.1) is 4.92 Å². The highest BCUT2D eigenvalue weighted by molar-refractivity contribution is 5.94. The fraction of sp³-hybridized carbons (Fsp3) is 0.238. The van der Waals surface area contributed by atoms with E-state index in [1.165, 1.54) is 12.1 Å². The molecule has 8 nitrogen and oxygen atoms in total. The van der Waals surface area contributed by atoms with Crippen LogP contribution in [-0.4, -0.2) is 46.9 Å². The minimum absolute atomic E-state index is 0.0679. The molecule has 0 unspecified atom stereocenters. The summed E-state index contributed by atoms with van der Waals surface area (Å²) in [5.74, 6) is 0.805. The minimum atomic E-state index is -0.412. The van der Waals surface area contributed by atoms with Crippen LogP contribution in [0.3, 0.4) is 0 Å². The van der Waals surface area contributed by atoms with E-state index in [2.05, 4.69) is 9.88 Å². The molecule has 1 saturated heterocycles. The predicted molar refractivity (Wildman–Crippen MR) is 108 cm³/mol. The number of carbonyl (C=O) groups is 1. The van der Waals surface area contributed by atoms with E-state index in [0.717, 1.165) is 11.3 Å². The Bertz CT molecular complexity index is 1020. The average Bonchev–Trinajstić information content (AvgIpc) is 3.15. The van der Waals surface area contributed by atoms with Gasteiger partial charge >= 0.3 is 0 Å². The number of amides is 1. The highest BCUT2D eigenvalue weighted by atomic mass is 16.6. The van der Waals surface area contributed by atoms with Crippen molar-refractivity contribution in [2.24, 2.45) is 0 Å². The fourth-order valence-electron chi connectivity index (χ4n) is 3.40. The van der Waals surface area contributed by atoms with Crippen molar-refractivity contribution >= 4 is 17.3 Å². The number of benzene rings is 2. The second-order valence-corrected chi connectivity index (χ2v) is 6.84. The van der Waals surface area contributed by atoms with Crippen LogP contribution >= 0.6 is 0 Å². The lowest BCUT2D eigenvalue weighted by Gasteiger charge is -2.35. The fourth-order valence-corrected chi connectivity index (χ4v) is 3.40. The van der Waals surface area contributed by atoms with E-state index >= 15 is 0 Å². The lowest BCUT2D eigenvalue weighted by atomic mass is 10.2. The normalized spacial score (nSPS) is 14.1. The predicted octanol–water partition coefficient (Wildman–Crippen LogP) is 3.52. The smallest absolute Gasteiger partial charge is 0.276 e. The Morgan fingerprint density at radius 3 is 2.31 bits per heavy atom. The molecule has 1 aliphatic heterocycles. The number of nitro benzene ring substituents is 1. The Kier molecular flexibility index (Phi) is 4.99. The van der Waals surface area contributed by atoms with Crippen molar-refractivity contribution in [3.8, 4) is 11.5 Å². The van der Waals surface area contributed by atoms with Crippen molar-refractivity contribution in [1.29, 1.82) is 0 Å². The van der Waals surface area contributed by atoms with Crippen molar-refractivity contribution in [2.75, 3.05) is 31.1 Å². The van der Waals surface area contributed by atoms with Crippen LogP contribution < -0.4 is 4.90 Å². The molecule has 1 amide bonds. The van der Waals surface area contributed by atoms with Crippen molar-refractivity contribution in [2.45, 2.75) is 6.92 Å². The number of hydrogen-bond donors (Lipinski definition) is 0. The van der Waals surface area contributed by atoms with E-state index in [0.29, 0.717) is 43.5 Å². The zero-order valence-electron chi connectivity index (χ0n) is 15.9. The van der Waals surface area contributed by atoms with Gasteiger partial charge in [-0.05, 0) is 31.2 Å². The van der Waals surface area contributed by atoms with Gasteiger partial charge in [-0.25, -0.2) is 4.98 Å². The molecule has 8 heteroatoms. The number of hydrogen-bond acceptors (Lipinski definition) is 6. The van der Waals surface area contributed by atoms with Crippen LogP contribution in [0.4, 0.5) is 11.4 Å². The summed E-state index contributed by atoms with van der Waals surface area (Å²) in [6, 6.07) is 16.0. The molecule has 0 aliphatic carbocycles. The lowest BCUT2D eigenvalue weighted by molar-refractivity contribution is -0.384. The number of piperazine rings is 1. The Hall–Kier alpha value is -3.68. The number of nitrogens with zero attached hydrogens (tertiary/aromatic N) is 4. The maximum absolute atomic E-state index is 12.9. The van der Waals surface area contributed by atoms with E-state index in [4.69, 9.17) is 4.42 Å². The number of oxazole rings is 1. The van der Waals surface area contributed by atoms with E-state index in [9.17, 15) is 14.9 Å². The summed E-state index contributed by atoms with van der Waals surface area (Å²) in [4.78, 5) is 31.6. The molecule has 3 aromatic rings. The van der Waals surface area contributed by atoms with Gasteiger partial charge in [0, 0.05) is 49.6 Å². The Morgan fingerprint density at radius 2 is 1.69 bits per heavy atom. The van der Waals surface area contributed by atoms with Gasteiger partial charge in [0.25, 0.3) is 11.6 Å². The van der Waals surface area contributed by atoms with Gasteiger partial charge < -0.3 is 14.2 Å². The van der Waals surface area contributed by atoms with Crippen LogP contribution in [0.1, 0.15) is 16.2 Å². The molecule has 0 bridgehead atoms. The van der Waals surface area contributed by atoms with Crippen molar-refractivity contribution in [3.05, 3.63) is 76.2 Å². The first-order valence-corrected chi connectivity index (χ1v) is 9.34. The summed E-state index contributed by atoms with van der Waals surface area (Å²) >= 11 is 0. The van der Waals surface area contributed by atoms with Crippen LogP contribution in [0, 0.1) is 17.0 Å². The van der Waals surface area contributed by atoms with Crippen molar-refractivity contribution < 1.29 is 14.1 Å². The van der Waals surface area contributed by atoms with Gasteiger partial charge in [0.2, 0.25) is 5.89 Å². The largest absolute Gasteiger partial charge is 0.441 e. The Morgan fingerprint density at radius 1 is 1.03 bits per heavy atom. The topological polar surface area (TPSA) is 92.7 Å². The molecule has 29 heavy (non-hydrogen) atoms. The van der Waals surface area contributed by atoms with Crippen molar-refractivity contribution in [1.82, 2.24) is 9.88 Å². The van der Waals surface area contributed by atoms with Crippen LogP contribution in [0.15, 0.2) is 59.0 Å². The van der Waals surface area contributed by atoms with Gasteiger partial charge in [-0.1, -0.05) is 18.2 Å². The average molecular weight is 392 g/mol. The number of aryl methyl sites for hydroxylation is 1. The maximum Gasteiger partial charge on any atom is 0.276 e. The molecule has 2 heterocycles. The number of aromatic nitrogens is 1. The van der Waals surface area contributed by atoms with Gasteiger partial charge in [-0.2, -0.15) is 0 Å². The molecule has 1 aromatic heterocycles. The van der Waals surface area contributed by atoms with E-state index in [1.807, 2.05) is 30.3 Å². The minimum Gasteiger partial charge on any atom is -0.441 e. The second kappa shape index (κ2) is 7.75. The first-order chi connectivity index (χ1) is 14.0. The molecule has 4 rings (SSSR count). The SMILES string of the molecule is Cc1oc(-c2ccccc2)nc1C(=O)N1CCN(c2ccc([N+](=O)[O-])cc2)CC1. The Labute approximate surface area is 167 Å². The third-order valence-corrected chi connectivity index (χ3v) is 5.01. The van der Waals surface area contributed by atoms with Gasteiger partial charge in [0.1, 0.15) is 5.76 Å². The zero-order chi connectivity index (χ0) is 20.4. The molecule has 0 radical (unpaired) electrons. The standard InChI is InChI=1S/C21H20N4O4/c1-15-19(22-20(29-15)16-5-3-2-4-6-16)21(26)24-13-11-23(12-14-24)17-7-9-18(10-8-17)25(27)28/h2-10H,11-14H2,1H3. The Balaban J connectivity index is 1.43. The van der Waals surface area contributed by atoms with Gasteiger partial charge in [0.15, 0.2) is 5.69 Å². The first kappa shape index (κ1) is 18.7. The monoisotopic (exact) mass is 392 g/mol. The molecule has 0 atom stereocenters. The molecule has 1 fully saturated rings. The molecule has 1 aliphatic rings. The summed E-state index contributed by atoms with van der Waals surface area (Å²) in [5, 5.41) is 10.8. The van der Waals surface area contributed by atoms with E-state index in [-0.39, 0.29) is 11.6 Å². The van der Waals surface area contributed by atoms with Gasteiger partial charge in [-0.3, -0.25) is 14.9 Å². The summed E-state index contributed by atoms with van der Waals surface area (Å²) in [7, 11) is 0. The molecular formula is C21H20N4O4. The summed E-state index contributed by atoms with van der Waals surface area (Å²) in [6.07, 6.45) is 0. The van der Waals surface area contributed by atoms with E-state index < -0.39 is 4.92 Å². The van der Waals surface area contributed by atoms with E-state index in [1.54, 1.807) is 24.0 Å². The highest BCUT2D eigenvalue weighted by Crippen LogP contribution is 2.24. The lowest BCUT2D eigenvalue weighted by Crippen LogP contribution is -2.49. The number of anilines is 1.